The van der Waals surface area contributed by atoms with Gasteiger partial charge < -0.3 is 10.0 Å². The van der Waals surface area contributed by atoms with Gasteiger partial charge in [0.15, 0.2) is 0 Å². The van der Waals surface area contributed by atoms with Gasteiger partial charge in [0, 0.05) is 25.4 Å². The smallest absolute Gasteiger partial charge is 0.0473 e. The third-order valence-corrected chi connectivity index (χ3v) is 2.59. The Kier molecular flexibility index (Phi) is 4.63. The molecule has 0 aromatic heterocycles. The molecule has 1 rings (SSSR count). The van der Waals surface area contributed by atoms with Crippen molar-refractivity contribution < 1.29 is 5.11 Å². The molecular formula is C13H21NO. The number of rotatable bonds is 5. The fraction of sp³-hybridized carbons (Fsp3) is 0.538. The van der Waals surface area contributed by atoms with Gasteiger partial charge in [0.2, 0.25) is 0 Å². The third kappa shape index (κ3) is 3.56. The normalized spacial score (nSPS) is 12.5. The zero-order valence-corrected chi connectivity index (χ0v) is 9.90. The predicted molar refractivity (Wildman–Crippen MR) is 65.3 cm³/mol. The van der Waals surface area contributed by atoms with Gasteiger partial charge in [0.25, 0.3) is 0 Å². The van der Waals surface area contributed by atoms with E-state index in [-0.39, 0.29) is 6.61 Å². The van der Waals surface area contributed by atoms with Crippen molar-refractivity contribution in [2.75, 3.05) is 24.6 Å². The number of hydrogen-bond donors (Lipinski definition) is 1. The highest BCUT2D eigenvalue weighted by molar-refractivity contribution is 5.48. The summed E-state index contributed by atoms with van der Waals surface area (Å²) in [7, 11) is 0. The van der Waals surface area contributed by atoms with E-state index < -0.39 is 0 Å². The van der Waals surface area contributed by atoms with Crippen molar-refractivity contribution in [3.63, 3.8) is 0 Å². The molecule has 1 aromatic carbocycles. The second kappa shape index (κ2) is 5.76. The highest BCUT2D eigenvalue weighted by Gasteiger charge is 2.08. The Morgan fingerprint density at radius 1 is 1.40 bits per heavy atom. The van der Waals surface area contributed by atoms with Crippen molar-refractivity contribution in [2.45, 2.75) is 20.8 Å². The van der Waals surface area contributed by atoms with E-state index in [0.29, 0.717) is 5.92 Å². The predicted octanol–water partition coefficient (Wildman–Crippen LogP) is 2.45. The summed E-state index contributed by atoms with van der Waals surface area (Å²) in [5.41, 5.74) is 2.53. The van der Waals surface area contributed by atoms with Crippen molar-refractivity contribution in [2.24, 2.45) is 5.92 Å². The molecule has 0 spiro atoms. The van der Waals surface area contributed by atoms with Crippen LogP contribution in [0.15, 0.2) is 24.3 Å². The first kappa shape index (κ1) is 12.1. The van der Waals surface area contributed by atoms with Crippen molar-refractivity contribution >= 4 is 5.69 Å². The minimum absolute atomic E-state index is 0.252. The number of aliphatic hydroxyl groups is 1. The first-order chi connectivity index (χ1) is 7.17. The number of aliphatic hydroxyl groups excluding tert-OH is 1. The molecule has 2 heteroatoms. The Morgan fingerprint density at radius 2 is 2.13 bits per heavy atom. The average molecular weight is 207 g/mol. The van der Waals surface area contributed by atoms with Crippen LogP contribution in [0.2, 0.25) is 0 Å². The van der Waals surface area contributed by atoms with Gasteiger partial charge in [0.05, 0.1) is 0 Å². The maximum Gasteiger partial charge on any atom is 0.0473 e. The molecule has 0 amide bonds. The van der Waals surface area contributed by atoms with Crippen LogP contribution in [0.4, 0.5) is 5.69 Å². The molecule has 0 radical (unpaired) electrons. The zero-order chi connectivity index (χ0) is 11.3. The molecule has 1 aromatic rings. The first-order valence-corrected chi connectivity index (χ1v) is 5.59. The first-order valence-electron chi connectivity index (χ1n) is 5.59. The average Bonchev–Trinajstić information content (AvgIpc) is 2.25. The lowest BCUT2D eigenvalue weighted by molar-refractivity contribution is 0.239. The van der Waals surface area contributed by atoms with Crippen molar-refractivity contribution in [3.8, 4) is 0 Å². The summed E-state index contributed by atoms with van der Waals surface area (Å²) in [6.45, 7) is 8.46. The molecule has 0 fully saturated rings. The number of benzene rings is 1. The molecule has 1 unspecified atom stereocenters. The standard InChI is InChI=1S/C13H21NO/c1-4-14(9-12(3)10-15)13-7-5-6-11(2)8-13/h5-8,12,15H,4,9-10H2,1-3H3. The summed E-state index contributed by atoms with van der Waals surface area (Å²) in [5.74, 6) is 0.325. The number of nitrogens with zero attached hydrogens (tertiary/aromatic N) is 1. The van der Waals surface area contributed by atoms with Gasteiger partial charge >= 0.3 is 0 Å². The molecule has 0 heterocycles. The van der Waals surface area contributed by atoms with Gasteiger partial charge in [-0.05, 0) is 37.5 Å². The Labute approximate surface area is 92.5 Å². The fourth-order valence-corrected chi connectivity index (χ4v) is 1.68. The molecule has 2 nitrogen and oxygen atoms in total. The molecule has 15 heavy (non-hydrogen) atoms. The second-order valence-corrected chi connectivity index (χ2v) is 4.17. The Balaban J connectivity index is 2.73. The minimum Gasteiger partial charge on any atom is -0.396 e. The molecule has 0 bridgehead atoms. The van der Waals surface area contributed by atoms with Crippen LogP contribution >= 0.6 is 0 Å². The summed E-state index contributed by atoms with van der Waals surface area (Å²) in [6.07, 6.45) is 0. The topological polar surface area (TPSA) is 23.5 Å². The maximum atomic E-state index is 9.05. The van der Waals surface area contributed by atoms with Gasteiger partial charge in [-0.25, -0.2) is 0 Å². The maximum absolute atomic E-state index is 9.05. The largest absolute Gasteiger partial charge is 0.396 e. The van der Waals surface area contributed by atoms with Gasteiger partial charge in [-0.15, -0.1) is 0 Å². The molecular weight excluding hydrogens is 186 g/mol. The monoisotopic (exact) mass is 207 g/mol. The van der Waals surface area contributed by atoms with Crippen LogP contribution in [0.3, 0.4) is 0 Å². The number of aryl methyl sites for hydroxylation is 1. The highest BCUT2D eigenvalue weighted by atomic mass is 16.3. The molecule has 1 N–H and O–H groups in total. The lowest BCUT2D eigenvalue weighted by atomic mass is 10.1. The van der Waals surface area contributed by atoms with Gasteiger partial charge in [-0.3, -0.25) is 0 Å². The highest BCUT2D eigenvalue weighted by Crippen LogP contribution is 2.16. The van der Waals surface area contributed by atoms with Crippen LogP contribution in [0.25, 0.3) is 0 Å². The van der Waals surface area contributed by atoms with Crippen LogP contribution < -0.4 is 4.90 Å². The number of hydrogen-bond acceptors (Lipinski definition) is 2. The molecule has 0 saturated carbocycles. The van der Waals surface area contributed by atoms with Crippen molar-refractivity contribution in [1.82, 2.24) is 0 Å². The van der Waals surface area contributed by atoms with E-state index in [1.807, 2.05) is 0 Å². The summed E-state index contributed by atoms with van der Waals surface area (Å²) < 4.78 is 0. The van der Waals surface area contributed by atoms with Crippen molar-refractivity contribution in [1.29, 1.82) is 0 Å². The molecule has 84 valence electrons. The molecule has 1 atom stereocenters. The quantitative estimate of drug-likeness (QED) is 0.801. The van der Waals surface area contributed by atoms with E-state index >= 15 is 0 Å². The SMILES string of the molecule is CCN(CC(C)CO)c1cccc(C)c1. The van der Waals surface area contributed by atoms with E-state index in [4.69, 9.17) is 5.11 Å². The summed E-state index contributed by atoms with van der Waals surface area (Å²) in [6, 6.07) is 8.50. The minimum atomic E-state index is 0.252. The lowest BCUT2D eigenvalue weighted by Crippen LogP contribution is -2.29. The van der Waals surface area contributed by atoms with E-state index in [1.165, 1.54) is 11.3 Å². The van der Waals surface area contributed by atoms with E-state index in [2.05, 4.69) is 49.9 Å². The molecule has 0 saturated heterocycles. The third-order valence-electron chi connectivity index (χ3n) is 2.59. The number of anilines is 1. The summed E-state index contributed by atoms with van der Waals surface area (Å²) in [4.78, 5) is 2.30. The van der Waals surface area contributed by atoms with Crippen molar-refractivity contribution in [3.05, 3.63) is 29.8 Å². The second-order valence-electron chi connectivity index (χ2n) is 4.17. The van der Waals surface area contributed by atoms with Crippen LogP contribution in [-0.4, -0.2) is 24.8 Å². The Hall–Kier alpha value is -1.02. The summed E-state index contributed by atoms with van der Waals surface area (Å²) >= 11 is 0. The fourth-order valence-electron chi connectivity index (χ4n) is 1.68. The van der Waals surface area contributed by atoms with Crippen LogP contribution in [-0.2, 0) is 0 Å². The van der Waals surface area contributed by atoms with Crippen LogP contribution in [0, 0.1) is 12.8 Å². The van der Waals surface area contributed by atoms with Crippen LogP contribution in [0.1, 0.15) is 19.4 Å². The molecule has 0 aliphatic rings. The lowest BCUT2D eigenvalue weighted by Gasteiger charge is -2.26. The Bertz CT molecular complexity index is 298. The molecule has 0 aliphatic carbocycles. The molecule has 0 aliphatic heterocycles. The van der Waals surface area contributed by atoms with E-state index in [1.54, 1.807) is 0 Å². The Morgan fingerprint density at radius 3 is 2.67 bits per heavy atom. The summed E-state index contributed by atoms with van der Waals surface area (Å²) in [5, 5.41) is 9.05. The van der Waals surface area contributed by atoms with E-state index in [9.17, 15) is 0 Å². The van der Waals surface area contributed by atoms with Gasteiger partial charge in [-0.2, -0.15) is 0 Å². The van der Waals surface area contributed by atoms with E-state index in [0.717, 1.165) is 13.1 Å². The van der Waals surface area contributed by atoms with Crippen LogP contribution in [0.5, 0.6) is 0 Å². The van der Waals surface area contributed by atoms with Gasteiger partial charge in [-0.1, -0.05) is 19.1 Å². The zero-order valence-electron chi connectivity index (χ0n) is 9.90. The van der Waals surface area contributed by atoms with Gasteiger partial charge in [0.1, 0.15) is 0 Å².